The molecule has 0 amide bonds. The lowest BCUT2D eigenvalue weighted by molar-refractivity contribution is -0.192. The zero-order valence-corrected chi connectivity index (χ0v) is 16.7. The maximum atomic E-state index is 12.6. The van der Waals surface area contributed by atoms with Crippen LogP contribution in [0.4, 0.5) is 22.0 Å². The van der Waals surface area contributed by atoms with Gasteiger partial charge < -0.3 is 10.1 Å². The zero-order valence-electron chi connectivity index (χ0n) is 16.7. The predicted octanol–water partition coefficient (Wildman–Crippen LogP) is 5.36. The first-order valence-electron chi connectivity index (χ1n) is 9.80. The molecule has 1 saturated carbocycles. The van der Waals surface area contributed by atoms with E-state index in [1.54, 1.807) is 6.20 Å². The van der Waals surface area contributed by atoms with Gasteiger partial charge in [0.2, 0.25) is 0 Å². The summed E-state index contributed by atoms with van der Waals surface area (Å²) in [5.41, 5.74) is 2.45. The van der Waals surface area contributed by atoms with Gasteiger partial charge in [0.25, 0.3) is 6.08 Å². The van der Waals surface area contributed by atoms with Crippen molar-refractivity contribution in [1.29, 1.82) is 0 Å². The van der Waals surface area contributed by atoms with E-state index in [-0.39, 0.29) is 6.04 Å². The monoisotopic (exact) mass is 457 g/mol. The minimum atomic E-state index is -5.08. The summed E-state index contributed by atoms with van der Waals surface area (Å²) in [6.45, 7) is 0. The Kier molecular flexibility index (Phi) is 7.21. The summed E-state index contributed by atoms with van der Waals surface area (Å²) in [7, 11) is 0. The van der Waals surface area contributed by atoms with Gasteiger partial charge in [-0.3, -0.25) is 4.68 Å². The Morgan fingerprint density at radius 1 is 1.28 bits per heavy atom. The summed E-state index contributed by atoms with van der Waals surface area (Å²) < 4.78 is 58.8. The largest absolute Gasteiger partial charge is 0.490 e. The Balaban J connectivity index is 0.000000360. The predicted molar refractivity (Wildman–Crippen MR) is 105 cm³/mol. The number of carboxylic acid groups (broad SMARTS) is 1. The van der Waals surface area contributed by atoms with E-state index in [1.807, 2.05) is 23.1 Å². The second kappa shape index (κ2) is 9.88. The average Bonchev–Trinajstić information content (AvgIpc) is 3.49. The fourth-order valence-electron chi connectivity index (χ4n) is 3.81. The van der Waals surface area contributed by atoms with Crippen molar-refractivity contribution in [2.45, 2.75) is 44.3 Å². The summed E-state index contributed by atoms with van der Waals surface area (Å²) in [6, 6.07) is 1.89. The molecule has 1 aliphatic rings. The molecule has 3 aromatic rings. The SMILES string of the molecule is FC(F)=CCC(C1CCCC1)n1cc(-c2ncnc3[nH]ccc23)cn1.O=C(O)C(F)(F)F. The fraction of sp³-hybridized carbons (Fsp3) is 0.400. The first-order chi connectivity index (χ1) is 15.2. The Labute approximate surface area is 179 Å². The number of aromatic nitrogens is 5. The van der Waals surface area contributed by atoms with E-state index >= 15 is 0 Å². The van der Waals surface area contributed by atoms with Crippen molar-refractivity contribution in [3.05, 3.63) is 43.1 Å². The number of rotatable bonds is 5. The number of hydrogen-bond acceptors (Lipinski definition) is 4. The van der Waals surface area contributed by atoms with E-state index in [4.69, 9.17) is 9.90 Å². The number of fused-ring (bicyclic) bond motifs is 1. The van der Waals surface area contributed by atoms with Crippen LogP contribution >= 0.6 is 0 Å². The van der Waals surface area contributed by atoms with Crippen molar-refractivity contribution >= 4 is 17.0 Å². The molecule has 4 rings (SSSR count). The van der Waals surface area contributed by atoms with Gasteiger partial charge in [-0.25, -0.2) is 14.8 Å². The van der Waals surface area contributed by atoms with Gasteiger partial charge in [-0.2, -0.15) is 27.1 Å². The van der Waals surface area contributed by atoms with Crippen LogP contribution in [0.1, 0.15) is 38.1 Å². The zero-order chi connectivity index (χ0) is 23.3. The van der Waals surface area contributed by atoms with Crippen molar-refractivity contribution in [1.82, 2.24) is 24.7 Å². The number of H-pyrrole nitrogens is 1. The molecule has 3 aromatic heterocycles. The van der Waals surface area contributed by atoms with E-state index in [0.29, 0.717) is 12.3 Å². The molecule has 1 unspecified atom stereocenters. The van der Waals surface area contributed by atoms with Gasteiger partial charge in [0.1, 0.15) is 12.0 Å². The van der Waals surface area contributed by atoms with Crippen LogP contribution in [0, 0.1) is 5.92 Å². The van der Waals surface area contributed by atoms with Crippen LogP contribution in [0.5, 0.6) is 0 Å². The van der Waals surface area contributed by atoms with Gasteiger partial charge in [0.15, 0.2) is 0 Å². The third kappa shape index (κ3) is 5.68. The maximum Gasteiger partial charge on any atom is 0.490 e. The normalized spacial score (nSPS) is 15.3. The Hall–Kier alpha value is -3.31. The number of aliphatic carboxylic acids is 1. The van der Waals surface area contributed by atoms with Crippen LogP contribution in [-0.2, 0) is 4.79 Å². The number of aromatic amines is 1. The summed E-state index contributed by atoms with van der Waals surface area (Å²) in [5, 5.41) is 12.5. The highest BCUT2D eigenvalue weighted by molar-refractivity contribution is 5.89. The van der Waals surface area contributed by atoms with E-state index < -0.39 is 18.2 Å². The van der Waals surface area contributed by atoms with Gasteiger partial charge in [-0.15, -0.1) is 0 Å². The summed E-state index contributed by atoms with van der Waals surface area (Å²) in [5.74, 6) is -2.37. The molecule has 7 nitrogen and oxygen atoms in total. The number of allylic oxidation sites excluding steroid dienone is 1. The second-order valence-electron chi connectivity index (χ2n) is 7.32. The summed E-state index contributed by atoms with van der Waals surface area (Å²) >= 11 is 0. The van der Waals surface area contributed by atoms with Gasteiger partial charge in [0, 0.05) is 23.3 Å². The van der Waals surface area contributed by atoms with Crippen LogP contribution in [0.3, 0.4) is 0 Å². The maximum absolute atomic E-state index is 12.6. The molecule has 0 saturated heterocycles. The first-order valence-corrected chi connectivity index (χ1v) is 9.80. The summed E-state index contributed by atoms with van der Waals surface area (Å²) in [6.07, 6.45) is 6.07. The van der Waals surface area contributed by atoms with E-state index in [9.17, 15) is 22.0 Å². The van der Waals surface area contributed by atoms with E-state index in [2.05, 4.69) is 20.1 Å². The molecule has 32 heavy (non-hydrogen) atoms. The average molecular weight is 457 g/mol. The highest BCUT2D eigenvalue weighted by atomic mass is 19.4. The van der Waals surface area contributed by atoms with Crippen LogP contribution in [0.25, 0.3) is 22.3 Å². The molecular weight excluding hydrogens is 437 g/mol. The molecule has 0 spiro atoms. The van der Waals surface area contributed by atoms with Gasteiger partial charge in [-0.1, -0.05) is 12.8 Å². The lowest BCUT2D eigenvalue weighted by Crippen LogP contribution is -2.21. The van der Waals surface area contributed by atoms with Crippen LogP contribution in [-0.4, -0.2) is 42.0 Å². The number of carboxylic acids is 1. The molecule has 0 aromatic carbocycles. The molecule has 0 radical (unpaired) electrons. The highest BCUT2D eigenvalue weighted by Crippen LogP contribution is 2.37. The van der Waals surface area contributed by atoms with E-state index in [0.717, 1.165) is 54.1 Å². The second-order valence-corrected chi connectivity index (χ2v) is 7.32. The minimum Gasteiger partial charge on any atom is -0.475 e. The standard InChI is InChI=1S/C18H19F2N5.C2HF3O2/c19-16(20)6-5-15(12-3-1-2-4-12)25-10-13(9-24-25)17-14-7-8-21-18(14)23-11-22-17;3-2(4,5)1(6)7/h6-12,15H,1-5H2,(H,21,22,23);(H,6,7). The lowest BCUT2D eigenvalue weighted by atomic mass is 9.95. The molecule has 172 valence electrons. The molecule has 0 aliphatic heterocycles. The first kappa shape index (κ1) is 23.4. The van der Waals surface area contributed by atoms with Crippen LogP contribution < -0.4 is 0 Å². The van der Waals surface area contributed by atoms with Crippen LogP contribution in [0.15, 0.2) is 43.1 Å². The van der Waals surface area contributed by atoms with Gasteiger partial charge >= 0.3 is 12.1 Å². The summed E-state index contributed by atoms with van der Waals surface area (Å²) in [4.78, 5) is 20.5. The number of alkyl halides is 3. The van der Waals surface area contributed by atoms with Gasteiger partial charge in [-0.05, 0) is 37.3 Å². The smallest absolute Gasteiger partial charge is 0.475 e. The molecule has 3 heterocycles. The van der Waals surface area contributed by atoms with Crippen molar-refractivity contribution in [2.75, 3.05) is 0 Å². The van der Waals surface area contributed by atoms with Gasteiger partial charge in [0.05, 0.1) is 17.9 Å². The fourth-order valence-corrected chi connectivity index (χ4v) is 3.81. The topological polar surface area (TPSA) is 96.7 Å². The minimum absolute atomic E-state index is 0.0405. The molecule has 2 N–H and O–H groups in total. The lowest BCUT2D eigenvalue weighted by Gasteiger charge is -2.22. The van der Waals surface area contributed by atoms with Crippen LogP contribution in [0.2, 0.25) is 0 Å². The Morgan fingerprint density at radius 2 is 1.97 bits per heavy atom. The number of halogens is 5. The highest BCUT2D eigenvalue weighted by Gasteiger charge is 2.38. The molecule has 1 fully saturated rings. The molecular formula is C20H20F5N5O2. The molecule has 0 bridgehead atoms. The molecule has 1 atom stereocenters. The number of nitrogens with zero attached hydrogens (tertiary/aromatic N) is 4. The number of hydrogen-bond donors (Lipinski definition) is 2. The number of carbonyl (C=O) groups is 1. The Bertz CT molecular complexity index is 1080. The van der Waals surface area contributed by atoms with Crippen molar-refractivity contribution in [2.24, 2.45) is 5.92 Å². The van der Waals surface area contributed by atoms with Crippen molar-refractivity contribution in [3.63, 3.8) is 0 Å². The van der Waals surface area contributed by atoms with E-state index in [1.165, 1.54) is 6.33 Å². The number of nitrogens with one attached hydrogen (secondary N) is 1. The Morgan fingerprint density at radius 3 is 2.59 bits per heavy atom. The van der Waals surface area contributed by atoms with Crippen molar-refractivity contribution < 1.29 is 31.9 Å². The molecule has 12 heteroatoms. The third-order valence-corrected chi connectivity index (χ3v) is 5.27. The van der Waals surface area contributed by atoms with Crippen molar-refractivity contribution in [3.8, 4) is 11.3 Å². The quantitative estimate of drug-likeness (QED) is 0.503. The molecule has 1 aliphatic carbocycles. The third-order valence-electron chi connectivity index (χ3n) is 5.27.